The van der Waals surface area contributed by atoms with Crippen LogP contribution in [0.1, 0.15) is 11.3 Å². The summed E-state index contributed by atoms with van der Waals surface area (Å²) in [7, 11) is 0. The molecular formula is C9H9ClN2. The zero-order valence-corrected chi connectivity index (χ0v) is 7.52. The number of nitrogens with one attached hydrogen (secondary N) is 1. The lowest BCUT2D eigenvalue weighted by Crippen LogP contribution is -1.78. The number of pyridine rings is 1. The largest absolute Gasteiger partial charge is 0.342 e. The molecule has 2 aromatic heterocycles. The fourth-order valence-corrected chi connectivity index (χ4v) is 1.40. The molecule has 0 aliphatic heterocycles. The Morgan fingerprint density at radius 2 is 2.33 bits per heavy atom. The zero-order chi connectivity index (χ0) is 8.55. The Kier molecular flexibility index (Phi) is 1.77. The average Bonchev–Trinajstić information content (AvgIpc) is 2.46. The molecule has 1 N–H and O–H groups in total. The molecular weight excluding hydrogens is 172 g/mol. The van der Waals surface area contributed by atoms with Crippen LogP contribution in [0.3, 0.4) is 0 Å². The Labute approximate surface area is 75.6 Å². The second-order valence-corrected chi connectivity index (χ2v) is 3.15. The molecule has 0 unspecified atom stereocenters. The van der Waals surface area contributed by atoms with E-state index in [9.17, 15) is 0 Å². The van der Waals surface area contributed by atoms with Crippen molar-refractivity contribution in [1.29, 1.82) is 0 Å². The fourth-order valence-electron chi connectivity index (χ4n) is 1.25. The molecule has 0 radical (unpaired) electrons. The molecule has 0 aliphatic rings. The van der Waals surface area contributed by atoms with Crippen LogP contribution in [0.5, 0.6) is 0 Å². The maximum absolute atomic E-state index is 5.68. The van der Waals surface area contributed by atoms with Gasteiger partial charge in [-0.2, -0.15) is 0 Å². The van der Waals surface area contributed by atoms with E-state index in [2.05, 4.69) is 16.0 Å². The summed E-state index contributed by atoms with van der Waals surface area (Å²) in [4.78, 5) is 7.36. The highest BCUT2D eigenvalue weighted by Gasteiger charge is 1.99. The summed E-state index contributed by atoms with van der Waals surface area (Å²) in [5.41, 5.74) is 3.10. The van der Waals surface area contributed by atoms with Crippen LogP contribution in [0.25, 0.3) is 11.0 Å². The second kappa shape index (κ2) is 2.79. The van der Waals surface area contributed by atoms with Gasteiger partial charge < -0.3 is 4.98 Å². The third kappa shape index (κ3) is 1.18. The summed E-state index contributed by atoms with van der Waals surface area (Å²) >= 11 is 5.68. The van der Waals surface area contributed by atoms with Gasteiger partial charge >= 0.3 is 0 Å². The molecule has 2 rings (SSSR count). The van der Waals surface area contributed by atoms with E-state index in [1.54, 1.807) is 0 Å². The van der Waals surface area contributed by atoms with E-state index >= 15 is 0 Å². The van der Waals surface area contributed by atoms with Crippen molar-refractivity contribution in [1.82, 2.24) is 9.97 Å². The molecule has 0 aliphatic carbocycles. The predicted octanol–water partition coefficient (Wildman–Crippen LogP) is 2.61. The molecule has 0 fully saturated rings. The van der Waals surface area contributed by atoms with E-state index in [-0.39, 0.29) is 0 Å². The average molecular weight is 181 g/mol. The second-order valence-electron chi connectivity index (χ2n) is 2.88. The Morgan fingerprint density at radius 3 is 3.08 bits per heavy atom. The molecule has 0 aromatic carbocycles. The molecule has 62 valence electrons. The van der Waals surface area contributed by atoms with Gasteiger partial charge in [-0.1, -0.05) is 0 Å². The molecule has 0 spiro atoms. The molecule has 0 bridgehead atoms. The van der Waals surface area contributed by atoms with Crippen LogP contribution >= 0.6 is 11.6 Å². The highest BCUT2D eigenvalue weighted by Crippen LogP contribution is 2.15. The van der Waals surface area contributed by atoms with Crippen molar-refractivity contribution in [3.8, 4) is 0 Å². The van der Waals surface area contributed by atoms with E-state index in [1.165, 1.54) is 5.56 Å². The predicted molar refractivity (Wildman–Crippen MR) is 50.4 cm³/mol. The smallest absolute Gasteiger partial charge is 0.137 e. The van der Waals surface area contributed by atoms with Gasteiger partial charge in [-0.25, -0.2) is 4.98 Å². The van der Waals surface area contributed by atoms with E-state index < -0.39 is 0 Å². The van der Waals surface area contributed by atoms with Crippen molar-refractivity contribution in [3.63, 3.8) is 0 Å². The molecule has 0 saturated carbocycles. The lowest BCUT2D eigenvalue weighted by atomic mass is 10.2. The highest BCUT2D eigenvalue weighted by atomic mass is 35.5. The number of hydrogen-bond acceptors (Lipinski definition) is 1. The van der Waals surface area contributed by atoms with Crippen molar-refractivity contribution < 1.29 is 0 Å². The molecule has 0 saturated heterocycles. The first-order valence-corrected chi connectivity index (χ1v) is 4.33. The first kappa shape index (κ1) is 7.62. The standard InChI is InChI=1S/C9H9ClN2/c1-6-2-7-3-8(4-10)12-9(7)11-5-6/h2-3,5H,4H2,1H3,(H,11,12). The van der Waals surface area contributed by atoms with Crippen molar-refractivity contribution in [3.05, 3.63) is 29.6 Å². The van der Waals surface area contributed by atoms with Crippen molar-refractivity contribution in [2.45, 2.75) is 12.8 Å². The van der Waals surface area contributed by atoms with Gasteiger partial charge in [0.05, 0.1) is 5.88 Å². The van der Waals surface area contributed by atoms with Gasteiger partial charge in [0, 0.05) is 17.3 Å². The van der Waals surface area contributed by atoms with Crippen LogP contribution in [0.15, 0.2) is 18.3 Å². The Hall–Kier alpha value is -1.02. The summed E-state index contributed by atoms with van der Waals surface area (Å²) in [6.45, 7) is 2.03. The van der Waals surface area contributed by atoms with Gasteiger partial charge in [-0.3, -0.25) is 0 Å². The van der Waals surface area contributed by atoms with Gasteiger partial charge in [0.1, 0.15) is 5.65 Å². The summed E-state index contributed by atoms with van der Waals surface area (Å²) in [6, 6.07) is 4.12. The number of alkyl halides is 1. The topological polar surface area (TPSA) is 28.7 Å². The van der Waals surface area contributed by atoms with Crippen LogP contribution in [0.2, 0.25) is 0 Å². The number of nitrogens with zero attached hydrogens (tertiary/aromatic N) is 1. The summed E-state index contributed by atoms with van der Waals surface area (Å²) in [5.74, 6) is 0.509. The zero-order valence-electron chi connectivity index (χ0n) is 6.76. The minimum Gasteiger partial charge on any atom is -0.342 e. The third-order valence-corrected chi connectivity index (χ3v) is 2.09. The number of aromatic amines is 1. The molecule has 3 heteroatoms. The van der Waals surface area contributed by atoms with E-state index in [1.807, 2.05) is 19.2 Å². The van der Waals surface area contributed by atoms with Crippen LogP contribution in [-0.2, 0) is 5.88 Å². The molecule has 0 amide bonds. The van der Waals surface area contributed by atoms with Crippen molar-refractivity contribution in [2.75, 3.05) is 0 Å². The van der Waals surface area contributed by atoms with E-state index in [4.69, 9.17) is 11.6 Å². The number of rotatable bonds is 1. The number of fused-ring (bicyclic) bond motifs is 1. The maximum Gasteiger partial charge on any atom is 0.137 e. The molecule has 2 nitrogen and oxygen atoms in total. The molecule has 12 heavy (non-hydrogen) atoms. The Morgan fingerprint density at radius 1 is 1.50 bits per heavy atom. The van der Waals surface area contributed by atoms with Gasteiger partial charge in [0.15, 0.2) is 0 Å². The van der Waals surface area contributed by atoms with Crippen LogP contribution in [-0.4, -0.2) is 9.97 Å². The van der Waals surface area contributed by atoms with Gasteiger partial charge in [0.25, 0.3) is 0 Å². The maximum atomic E-state index is 5.68. The number of halogens is 1. The van der Waals surface area contributed by atoms with E-state index in [0.717, 1.165) is 16.7 Å². The SMILES string of the molecule is Cc1cnc2[nH]c(CCl)cc2c1. The lowest BCUT2D eigenvalue weighted by molar-refractivity contribution is 1.21. The van der Waals surface area contributed by atoms with Crippen LogP contribution in [0, 0.1) is 6.92 Å². The first-order chi connectivity index (χ1) is 5.79. The number of H-pyrrole nitrogens is 1. The van der Waals surface area contributed by atoms with Gasteiger partial charge in [-0.15, -0.1) is 11.6 Å². The summed E-state index contributed by atoms with van der Waals surface area (Å²) in [5, 5.41) is 1.13. The van der Waals surface area contributed by atoms with Crippen molar-refractivity contribution in [2.24, 2.45) is 0 Å². The Bertz CT molecular complexity index is 406. The first-order valence-electron chi connectivity index (χ1n) is 3.80. The van der Waals surface area contributed by atoms with Gasteiger partial charge in [-0.05, 0) is 24.6 Å². The quantitative estimate of drug-likeness (QED) is 0.672. The molecule has 0 atom stereocenters. The third-order valence-electron chi connectivity index (χ3n) is 1.81. The highest BCUT2D eigenvalue weighted by molar-refractivity contribution is 6.17. The normalized spacial score (nSPS) is 10.8. The number of hydrogen-bond donors (Lipinski definition) is 1. The van der Waals surface area contributed by atoms with Crippen LogP contribution < -0.4 is 0 Å². The van der Waals surface area contributed by atoms with Crippen molar-refractivity contribution >= 4 is 22.6 Å². The van der Waals surface area contributed by atoms with Gasteiger partial charge in [0.2, 0.25) is 0 Å². The fraction of sp³-hybridized carbons (Fsp3) is 0.222. The number of aryl methyl sites for hydroxylation is 1. The Balaban J connectivity index is 2.67. The van der Waals surface area contributed by atoms with Crippen LogP contribution in [0.4, 0.5) is 0 Å². The monoisotopic (exact) mass is 180 g/mol. The summed E-state index contributed by atoms with van der Waals surface area (Å²) < 4.78 is 0. The molecule has 2 aromatic rings. The minimum atomic E-state index is 0.509. The molecule has 2 heterocycles. The lowest BCUT2D eigenvalue weighted by Gasteiger charge is -1.89. The summed E-state index contributed by atoms with van der Waals surface area (Å²) in [6.07, 6.45) is 1.84. The minimum absolute atomic E-state index is 0.509. The van der Waals surface area contributed by atoms with E-state index in [0.29, 0.717) is 5.88 Å². The number of aromatic nitrogens is 2.